The molecule has 0 spiro atoms. The van der Waals surface area contributed by atoms with Crippen molar-refractivity contribution in [3.63, 3.8) is 0 Å². The molecule has 9 nitrogen and oxygen atoms in total. The van der Waals surface area contributed by atoms with Crippen molar-refractivity contribution in [3.05, 3.63) is 95.1 Å². The standard InChI is InChI=1S/C47H69N3O6/c1-5-8-10-12-14-16-28-50(29-17-15-13-11-9-6-2)34-43-36(4)45(39-26-24-37(35-51)25-27-39)56-46(55-43)42-23-19-22-41(31-42)40-21-18-20-38(30-40)32-48-47(53)49-33-44(52)54-7-3/h18-27,30-31,36,43,45-46,51H,5-17,28-29,32-35H2,1-4H3,(H2,48,49,53)/t36-,43+,45+,46+/m1/s1. The number of carbonyl (C=O) groups is 2. The number of hydrogen-bond acceptors (Lipinski definition) is 7. The van der Waals surface area contributed by atoms with Crippen molar-refractivity contribution >= 4 is 12.0 Å². The van der Waals surface area contributed by atoms with Crippen molar-refractivity contribution in [2.75, 3.05) is 32.8 Å². The predicted octanol–water partition coefficient (Wildman–Crippen LogP) is 10.0. The quantitative estimate of drug-likeness (QED) is 0.0581. The number of aliphatic hydroxyl groups is 1. The topological polar surface area (TPSA) is 109 Å². The molecule has 3 aromatic rings. The van der Waals surface area contributed by atoms with Gasteiger partial charge < -0.3 is 34.9 Å². The molecule has 1 aliphatic heterocycles. The molecule has 1 aliphatic rings. The zero-order valence-corrected chi connectivity index (χ0v) is 34.6. The van der Waals surface area contributed by atoms with Crippen LogP contribution in [0.1, 0.15) is 139 Å². The van der Waals surface area contributed by atoms with E-state index in [1.165, 1.54) is 77.0 Å². The van der Waals surface area contributed by atoms with Crippen LogP contribution in [0.3, 0.4) is 0 Å². The van der Waals surface area contributed by atoms with Gasteiger partial charge in [-0.25, -0.2) is 4.79 Å². The van der Waals surface area contributed by atoms with Crippen LogP contribution in [0.2, 0.25) is 0 Å². The minimum atomic E-state index is -0.559. The van der Waals surface area contributed by atoms with E-state index in [4.69, 9.17) is 14.2 Å². The molecule has 0 radical (unpaired) electrons. The van der Waals surface area contributed by atoms with Gasteiger partial charge in [-0.1, -0.05) is 146 Å². The molecule has 1 heterocycles. The summed E-state index contributed by atoms with van der Waals surface area (Å²) in [6.45, 7) is 12.0. The molecule has 1 saturated heterocycles. The van der Waals surface area contributed by atoms with Crippen LogP contribution in [0.15, 0.2) is 72.8 Å². The van der Waals surface area contributed by atoms with Crippen molar-refractivity contribution in [2.45, 2.75) is 136 Å². The first kappa shape index (κ1) is 44.9. The van der Waals surface area contributed by atoms with E-state index in [1.54, 1.807) is 6.92 Å². The van der Waals surface area contributed by atoms with Gasteiger partial charge in [-0.3, -0.25) is 4.79 Å². The van der Waals surface area contributed by atoms with Gasteiger partial charge in [-0.05, 0) is 72.8 Å². The second-order valence-electron chi connectivity index (χ2n) is 15.3. The number of carbonyl (C=O) groups excluding carboxylic acids is 2. The molecule has 0 unspecified atom stereocenters. The molecule has 308 valence electrons. The maximum atomic E-state index is 12.3. The molecular formula is C47H69N3O6. The molecule has 0 aromatic heterocycles. The summed E-state index contributed by atoms with van der Waals surface area (Å²) in [5, 5.41) is 15.1. The zero-order chi connectivity index (χ0) is 40.0. The van der Waals surface area contributed by atoms with Crippen molar-refractivity contribution in [2.24, 2.45) is 5.92 Å². The Morgan fingerprint density at radius 2 is 1.34 bits per heavy atom. The minimum absolute atomic E-state index is 0.00824. The van der Waals surface area contributed by atoms with Crippen LogP contribution in [-0.4, -0.2) is 60.9 Å². The second kappa shape index (κ2) is 25.5. The maximum absolute atomic E-state index is 12.3. The second-order valence-corrected chi connectivity index (χ2v) is 15.3. The van der Waals surface area contributed by atoms with Gasteiger partial charge in [-0.2, -0.15) is 0 Å². The highest BCUT2D eigenvalue weighted by molar-refractivity contribution is 5.80. The van der Waals surface area contributed by atoms with Crippen molar-refractivity contribution in [3.8, 4) is 11.1 Å². The lowest BCUT2D eigenvalue weighted by Gasteiger charge is -2.43. The highest BCUT2D eigenvalue weighted by atomic mass is 16.7. The summed E-state index contributed by atoms with van der Waals surface area (Å²) >= 11 is 0. The summed E-state index contributed by atoms with van der Waals surface area (Å²) in [6.07, 6.45) is 14.6. The van der Waals surface area contributed by atoms with Gasteiger partial charge in [0.05, 0.1) is 25.4 Å². The Labute approximate surface area is 336 Å². The zero-order valence-electron chi connectivity index (χ0n) is 34.6. The van der Waals surface area contributed by atoms with E-state index in [1.807, 2.05) is 30.3 Å². The first-order chi connectivity index (χ1) is 27.3. The van der Waals surface area contributed by atoms with E-state index in [0.717, 1.165) is 53.0 Å². The average Bonchev–Trinajstić information content (AvgIpc) is 3.22. The SMILES string of the molecule is CCCCCCCCN(CCCCCCCC)C[C@@H]1O[C@H](c2cccc(-c3cccc(CNC(=O)NCC(=O)OCC)c3)c2)O[C@H](c2ccc(CO)cc2)[C@@H]1C. The van der Waals surface area contributed by atoms with Crippen LogP contribution >= 0.6 is 0 Å². The number of nitrogens with one attached hydrogen (secondary N) is 2. The molecule has 1 fully saturated rings. The Morgan fingerprint density at radius 1 is 0.714 bits per heavy atom. The molecule has 0 bridgehead atoms. The van der Waals surface area contributed by atoms with Crippen LogP contribution < -0.4 is 10.6 Å². The van der Waals surface area contributed by atoms with Gasteiger partial charge in [0.1, 0.15) is 6.54 Å². The van der Waals surface area contributed by atoms with Crippen LogP contribution in [0.5, 0.6) is 0 Å². The molecular weight excluding hydrogens is 703 g/mol. The van der Waals surface area contributed by atoms with Gasteiger partial charge in [0.15, 0.2) is 6.29 Å². The predicted molar refractivity (Wildman–Crippen MR) is 225 cm³/mol. The minimum Gasteiger partial charge on any atom is -0.465 e. The highest BCUT2D eigenvalue weighted by Gasteiger charge is 2.39. The lowest BCUT2D eigenvalue weighted by Crippen LogP contribution is -2.45. The Bertz CT molecular complexity index is 1550. The number of aliphatic hydroxyl groups excluding tert-OH is 1. The fourth-order valence-electron chi connectivity index (χ4n) is 7.44. The summed E-state index contributed by atoms with van der Waals surface area (Å²) in [5.74, 6) is -0.356. The summed E-state index contributed by atoms with van der Waals surface area (Å²) in [5.41, 5.74) is 5.90. The first-order valence-corrected chi connectivity index (χ1v) is 21.4. The van der Waals surface area contributed by atoms with E-state index < -0.39 is 18.3 Å². The van der Waals surface area contributed by atoms with E-state index in [2.05, 4.69) is 78.8 Å². The van der Waals surface area contributed by atoms with Crippen molar-refractivity contribution < 1.29 is 28.9 Å². The third-order valence-electron chi connectivity index (χ3n) is 10.8. The molecule has 4 atom stereocenters. The number of esters is 1. The lowest BCUT2D eigenvalue weighted by atomic mass is 9.89. The van der Waals surface area contributed by atoms with Crippen LogP contribution in [-0.2, 0) is 32.2 Å². The Kier molecular flexibility index (Phi) is 20.5. The van der Waals surface area contributed by atoms with Gasteiger partial charge in [0.25, 0.3) is 0 Å². The van der Waals surface area contributed by atoms with E-state index in [9.17, 15) is 14.7 Å². The third-order valence-corrected chi connectivity index (χ3v) is 10.8. The smallest absolute Gasteiger partial charge is 0.325 e. The number of rotatable bonds is 25. The van der Waals surface area contributed by atoms with Gasteiger partial charge in [-0.15, -0.1) is 0 Å². The van der Waals surface area contributed by atoms with Crippen molar-refractivity contribution in [1.82, 2.24) is 15.5 Å². The van der Waals surface area contributed by atoms with Gasteiger partial charge in [0.2, 0.25) is 0 Å². The maximum Gasteiger partial charge on any atom is 0.325 e. The normalized spacial score (nSPS) is 18.2. The van der Waals surface area contributed by atoms with Gasteiger partial charge >= 0.3 is 12.0 Å². The van der Waals surface area contributed by atoms with Gasteiger partial charge in [0, 0.05) is 24.6 Å². The number of hydrogen-bond donors (Lipinski definition) is 3. The first-order valence-electron chi connectivity index (χ1n) is 21.4. The molecule has 3 aromatic carbocycles. The number of urea groups is 1. The third kappa shape index (κ3) is 15.3. The number of amides is 2. The summed E-state index contributed by atoms with van der Waals surface area (Å²) < 4.78 is 18.7. The molecule has 56 heavy (non-hydrogen) atoms. The number of nitrogens with zero attached hydrogens (tertiary/aromatic N) is 1. The molecule has 9 heteroatoms. The van der Waals surface area contributed by atoms with Crippen molar-refractivity contribution in [1.29, 1.82) is 0 Å². The van der Waals surface area contributed by atoms with E-state index >= 15 is 0 Å². The van der Waals surface area contributed by atoms with Crippen LogP contribution in [0, 0.1) is 5.92 Å². The average molecular weight is 772 g/mol. The molecule has 0 saturated carbocycles. The summed E-state index contributed by atoms with van der Waals surface area (Å²) in [7, 11) is 0. The molecule has 2 amide bonds. The molecule has 0 aliphatic carbocycles. The van der Waals surface area contributed by atoms with Crippen LogP contribution in [0.4, 0.5) is 4.79 Å². The number of ether oxygens (including phenoxy) is 3. The number of benzene rings is 3. The Balaban J connectivity index is 1.51. The summed E-state index contributed by atoms with van der Waals surface area (Å²) in [4.78, 5) is 26.6. The molecule has 4 rings (SSSR count). The fraction of sp³-hybridized carbons (Fsp3) is 0.574. The van der Waals surface area contributed by atoms with Crippen LogP contribution in [0.25, 0.3) is 11.1 Å². The van der Waals surface area contributed by atoms with E-state index in [-0.39, 0.29) is 37.9 Å². The van der Waals surface area contributed by atoms with E-state index in [0.29, 0.717) is 6.54 Å². The largest absolute Gasteiger partial charge is 0.465 e. The Morgan fingerprint density at radius 3 is 1.98 bits per heavy atom. The Hall–Kier alpha value is -3.76. The molecule has 3 N–H and O–H groups in total. The fourth-order valence-corrected chi connectivity index (χ4v) is 7.44. The lowest BCUT2D eigenvalue weighted by molar-refractivity contribution is -0.276. The monoisotopic (exact) mass is 772 g/mol. The summed E-state index contributed by atoms with van der Waals surface area (Å²) in [6, 6.07) is 24.1. The number of unbranched alkanes of at least 4 members (excludes halogenated alkanes) is 10. The highest BCUT2D eigenvalue weighted by Crippen LogP contribution is 2.42.